The number of benzene rings is 1. The molecule has 7 N–H and O–H groups in total. The minimum atomic E-state index is -4.69. The van der Waals surface area contributed by atoms with E-state index in [4.69, 9.17) is 19.5 Å². The van der Waals surface area contributed by atoms with E-state index in [2.05, 4.69) is 26.3 Å². The van der Waals surface area contributed by atoms with Gasteiger partial charge >= 0.3 is 7.82 Å². The van der Waals surface area contributed by atoms with Crippen LogP contribution in [0.15, 0.2) is 42.1 Å². The third-order valence-electron chi connectivity index (χ3n) is 6.81. The van der Waals surface area contributed by atoms with E-state index in [9.17, 15) is 28.6 Å². The van der Waals surface area contributed by atoms with Gasteiger partial charge in [-0.25, -0.2) is 4.57 Å². The van der Waals surface area contributed by atoms with Crippen LogP contribution in [0, 0.1) is 5.92 Å². The minimum absolute atomic E-state index is 0.0461. The molecule has 0 bridgehead atoms. The van der Waals surface area contributed by atoms with E-state index in [1.807, 2.05) is 19.6 Å². The van der Waals surface area contributed by atoms with Crippen molar-refractivity contribution in [3.63, 3.8) is 0 Å². The first-order chi connectivity index (χ1) is 22.4. The lowest BCUT2D eigenvalue weighted by Gasteiger charge is -2.29. The zero-order chi connectivity index (χ0) is 36.1. The van der Waals surface area contributed by atoms with Gasteiger partial charge in [0, 0.05) is 25.1 Å². The molecule has 0 aliphatic carbocycles. The number of carbonyl (C=O) groups is 4. The Labute approximate surface area is 283 Å². The zero-order valence-corrected chi connectivity index (χ0v) is 30.4. The lowest BCUT2D eigenvalue weighted by atomic mass is 10.0. The zero-order valence-electron chi connectivity index (χ0n) is 28.5. The summed E-state index contributed by atoms with van der Waals surface area (Å²) in [5, 5.41) is 10.2. The molecule has 2 aromatic rings. The molecule has 1 aromatic heterocycles. The van der Waals surface area contributed by atoms with Gasteiger partial charge in [0.1, 0.15) is 18.1 Å². The van der Waals surface area contributed by atoms with E-state index < -0.39 is 67.3 Å². The van der Waals surface area contributed by atoms with Gasteiger partial charge in [0.2, 0.25) is 23.6 Å². The maximum absolute atomic E-state index is 13.7. The second-order valence-corrected chi connectivity index (χ2v) is 15.0. The summed E-state index contributed by atoms with van der Waals surface area (Å²) in [4.78, 5) is 67.8. The highest BCUT2D eigenvalue weighted by Crippen LogP contribution is 2.45. The first-order valence-corrected chi connectivity index (χ1v) is 18.2. The molecule has 268 valence electrons. The number of carbonyl (C=O) groups excluding carboxylic acids is 4. The summed E-state index contributed by atoms with van der Waals surface area (Å²) in [6.45, 7) is 9.87. The third-order valence-corrected chi connectivity index (χ3v) is 8.64. The van der Waals surface area contributed by atoms with Gasteiger partial charge in [-0.2, -0.15) is 0 Å². The number of rotatable bonds is 19. The van der Waals surface area contributed by atoms with Crippen LogP contribution in [-0.4, -0.2) is 83.0 Å². The van der Waals surface area contributed by atoms with E-state index >= 15 is 0 Å². The molecule has 0 saturated heterocycles. The number of aromatic nitrogens is 1. The summed E-state index contributed by atoms with van der Waals surface area (Å²) in [6, 6.07) is 3.79. The van der Waals surface area contributed by atoms with Gasteiger partial charge in [-0.3, -0.25) is 33.2 Å². The molecule has 0 aliphatic heterocycles. The van der Waals surface area contributed by atoms with E-state index in [0.717, 1.165) is 0 Å². The second-order valence-electron chi connectivity index (χ2n) is 12.7. The smallest absolute Gasteiger partial charge is 0.373 e. The Morgan fingerprint density at radius 2 is 1.60 bits per heavy atom. The molecule has 1 aromatic carbocycles. The first-order valence-electron chi connectivity index (χ1n) is 15.6. The quantitative estimate of drug-likeness (QED) is 0.115. The van der Waals surface area contributed by atoms with Crippen molar-refractivity contribution in [3.8, 4) is 0 Å². The molecule has 2 rings (SSSR count). The molecular formula is C31H50N6O9P2. The van der Waals surface area contributed by atoms with Crippen molar-refractivity contribution in [1.82, 2.24) is 26.3 Å². The maximum atomic E-state index is 13.7. The molecule has 7 unspecified atom stereocenters. The summed E-state index contributed by atoms with van der Waals surface area (Å²) < 4.78 is 28.9. The SMILES string of the molecule is CNC(=O)C(NC(=O)C(COC(C)(C)C)NC(=O)C(Cc1c[pH]cn1)NC(=O)C(N)CC(C)C)C(C)OP(=O)(O)OCc1ccccc1. The normalized spacial score (nSPS) is 16.3. The number of likely N-dealkylation sites (N-methyl/N-ethyl adjacent to an activating group) is 1. The average Bonchev–Trinajstić information content (AvgIpc) is 3.52. The van der Waals surface area contributed by atoms with Crippen LogP contribution in [-0.2, 0) is 50.6 Å². The Kier molecular flexibility index (Phi) is 16.4. The molecule has 15 nitrogen and oxygen atoms in total. The van der Waals surface area contributed by atoms with Gasteiger partial charge in [-0.1, -0.05) is 44.2 Å². The van der Waals surface area contributed by atoms with Crippen LogP contribution in [0.25, 0.3) is 0 Å². The van der Waals surface area contributed by atoms with Crippen molar-refractivity contribution < 1.29 is 42.4 Å². The van der Waals surface area contributed by atoms with E-state index in [0.29, 0.717) is 25.9 Å². The molecule has 0 fully saturated rings. The lowest BCUT2D eigenvalue weighted by molar-refractivity contribution is -0.137. The van der Waals surface area contributed by atoms with Crippen molar-refractivity contribution in [2.45, 2.75) is 96.9 Å². The largest absolute Gasteiger partial charge is 0.472 e. The Hall–Kier alpha value is -3.16. The fourth-order valence-corrected chi connectivity index (χ4v) is 5.96. The number of amides is 4. The van der Waals surface area contributed by atoms with Crippen LogP contribution in [0.3, 0.4) is 0 Å². The number of ether oxygens (including phenoxy) is 1. The van der Waals surface area contributed by atoms with E-state index in [-0.39, 0.29) is 25.6 Å². The van der Waals surface area contributed by atoms with Gasteiger partial charge in [-0.05, 0) is 51.4 Å². The van der Waals surface area contributed by atoms with Crippen LogP contribution in [0.2, 0.25) is 0 Å². The Balaban J connectivity index is 2.26. The topological polar surface area (TPSA) is 220 Å². The lowest BCUT2D eigenvalue weighted by Crippen LogP contribution is -2.61. The standard InChI is InChI=1S/C31H50N6O9P2/c1-19(2)13-23(32)27(38)35-24(14-22-17-47-18-34-22)28(39)36-25(16-44-31(4,5)6)29(40)37-26(30(41)33-7)20(3)46-48(42,43)45-15-21-11-9-8-10-12-21/h8-12,17-20,23-26,47H,13-16,32H2,1-7H3,(H,33,41)(H,35,38)(H,36,39)(H,37,40)(H,42,43). The van der Waals surface area contributed by atoms with Crippen LogP contribution in [0.1, 0.15) is 59.2 Å². The third kappa shape index (κ3) is 14.9. The molecule has 0 spiro atoms. The first kappa shape index (κ1) is 41.0. The van der Waals surface area contributed by atoms with Gasteiger partial charge < -0.3 is 36.6 Å². The summed E-state index contributed by atoms with van der Waals surface area (Å²) in [6.07, 6.45) is -0.917. The number of hydrogen-bond acceptors (Lipinski definition) is 10. The molecule has 17 heteroatoms. The van der Waals surface area contributed by atoms with Crippen LogP contribution in [0.5, 0.6) is 0 Å². The Bertz CT molecular complexity index is 1370. The summed E-state index contributed by atoms with van der Waals surface area (Å²) in [5.41, 5.74) is 6.55. The average molecular weight is 713 g/mol. The van der Waals surface area contributed by atoms with Gasteiger partial charge in [0.25, 0.3) is 0 Å². The van der Waals surface area contributed by atoms with Crippen molar-refractivity contribution in [3.05, 3.63) is 53.3 Å². The van der Waals surface area contributed by atoms with E-state index in [1.165, 1.54) is 14.0 Å². The number of nitrogens with two attached hydrogens (primary N) is 1. The number of phosphoric acid groups is 1. The number of hydrogen-bond donors (Lipinski definition) is 6. The van der Waals surface area contributed by atoms with Crippen LogP contribution in [0.4, 0.5) is 0 Å². The van der Waals surface area contributed by atoms with Gasteiger partial charge in [0.05, 0.1) is 31.0 Å². The minimum Gasteiger partial charge on any atom is -0.373 e. The fourth-order valence-electron chi connectivity index (χ4n) is 4.34. The van der Waals surface area contributed by atoms with Crippen molar-refractivity contribution in [1.29, 1.82) is 0 Å². The van der Waals surface area contributed by atoms with Crippen LogP contribution < -0.4 is 27.0 Å². The molecule has 0 aliphatic rings. The van der Waals surface area contributed by atoms with Gasteiger partial charge in [-0.15, -0.1) is 8.19 Å². The summed E-state index contributed by atoms with van der Waals surface area (Å²) in [5.74, 6) is 0.843. The maximum Gasteiger partial charge on any atom is 0.472 e. The van der Waals surface area contributed by atoms with Gasteiger partial charge in [0.15, 0.2) is 0 Å². The molecule has 4 amide bonds. The Morgan fingerprint density at radius 1 is 0.979 bits per heavy atom. The van der Waals surface area contributed by atoms with Crippen molar-refractivity contribution >= 4 is 39.6 Å². The molecule has 0 radical (unpaired) electrons. The fraction of sp³-hybridized carbons (Fsp3) is 0.581. The molecular weight excluding hydrogens is 662 g/mol. The van der Waals surface area contributed by atoms with Crippen LogP contribution >= 0.6 is 16.0 Å². The highest BCUT2D eigenvalue weighted by atomic mass is 31.2. The summed E-state index contributed by atoms with van der Waals surface area (Å²) >= 11 is 0. The second kappa shape index (κ2) is 19.1. The molecule has 48 heavy (non-hydrogen) atoms. The number of nitrogens with one attached hydrogen (secondary N) is 4. The molecule has 1 heterocycles. The highest BCUT2D eigenvalue weighted by molar-refractivity contribution is 7.47. The highest BCUT2D eigenvalue weighted by Gasteiger charge is 2.37. The van der Waals surface area contributed by atoms with E-state index in [1.54, 1.807) is 57.0 Å². The molecule has 7 atom stereocenters. The predicted octanol–water partition coefficient (Wildman–Crippen LogP) is 1.77. The summed E-state index contributed by atoms with van der Waals surface area (Å²) in [7, 11) is -3.04. The van der Waals surface area contributed by atoms with Crippen molar-refractivity contribution in [2.75, 3.05) is 13.7 Å². The monoisotopic (exact) mass is 712 g/mol. The predicted molar refractivity (Wildman–Crippen MR) is 182 cm³/mol. The number of nitrogens with zero attached hydrogens (tertiary/aromatic N) is 1. The Morgan fingerprint density at radius 3 is 2.17 bits per heavy atom. The number of phosphoric ester groups is 1. The molecule has 0 saturated carbocycles. The van der Waals surface area contributed by atoms with Crippen molar-refractivity contribution in [2.24, 2.45) is 11.7 Å².